The molecule has 9 atom stereocenters. The number of carboxylic acid groups (broad SMARTS) is 1. The van der Waals surface area contributed by atoms with Gasteiger partial charge in [0.05, 0.1) is 24.4 Å². The lowest BCUT2D eigenvalue weighted by Gasteiger charge is -2.56. The van der Waals surface area contributed by atoms with E-state index in [0.29, 0.717) is 6.42 Å². The van der Waals surface area contributed by atoms with E-state index in [-0.39, 0.29) is 35.9 Å². The van der Waals surface area contributed by atoms with Gasteiger partial charge in [-0.25, -0.2) is 4.79 Å². The number of ether oxygens (including phenoxy) is 2. The van der Waals surface area contributed by atoms with Gasteiger partial charge in [0.1, 0.15) is 0 Å². The minimum Gasteiger partial charge on any atom is -0.478 e. The number of carboxylic acids is 1. The number of hydrogen-bond donors (Lipinski definition) is 3. The highest BCUT2D eigenvalue weighted by Crippen LogP contribution is 2.48. The van der Waals surface area contributed by atoms with E-state index in [1.165, 1.54) is 0 Å². The molecule has 2 rings (SSSR count). The van der Waals surface area contributed by atoms with Crippen LogP contribution in [0.2, 0.25) is 0 Å². The standard InChI is InChI=1S/C19H32O6/c1-6-14-13(5)24-19(9-15(14)20)12(4)17(23)11(3)18(25-19)10(2)7-8-16(21)22/h7-8,10-15,17-18,20,23H,6,9H2,1-5H3,(H,21,22). The van der Waals surface area contributed by atoms with Crippen molar-refractivity contribution in [1.29, 1.82) is 0 Å². The number of aliphatic hydroxyl groups excluding tert-OH is 2. The number of rotatable bonds is 4. The molecule has 2 aliphatic heterocycles. The fourth-order valence-corrected chi connectivity index (χ4v) is 4.46. The Balaban J connectivity index is 2.28. The first kappa shape index (κ1) is 20.4. The number of aliphatic hydroxyl groups is 2. The average molecular weight is 356 g/mol. The van der Waals surface area contributed by atoms with Crippen LogP contribution >= 0.6 is 0 Å². The summed E-state index contributed by atoms with van der Waals surface area (Å²) in [4.78, 5) is 10.8. The van der Waals surface area contributed by atoms with Crippen LogP contribution in [0.3, 0.4) is 0 Å². The summed E-state index contributed by atoms with van der Waals surface area (Å²) in [5.74, 6) is -2.68. The zero-order valence-electron chi connectivity index (χ0n) is 15.8. The predicted molar refractivity (Wildman–Crippen MR) is 92.8 cm³/mol. The highest BCUT2D eigenvalue weighted by molar-refractivity contribution is 5.79. The van der Waals surface area contributed by atoms with Crippen molar-refractivity contribution in [2.45, 2.75) is 77.7 Å². The first-order valence-electron chi connectivity index (χ1n) is 9.25. The van der Waals surface area contributed by atoms with Crippen LogP contribution in [0.5, 0.6) is 0 Å². The van der Waals surface area contributed by atoms with Gasteiger partial charge in [0, 0.05) is 36.2 Å². The van der Waals surface area contributed by atoms with Crippen molar-refractivity contribution >= 4 is 5.97 Å². The second-order valence-corrected chi connectivity index (χ2v) is 7.76. The van der Waals surface area contributed by atoms with Gasteiger partial charge >= 0.3 is 5.97 Å². The summed E-state index contributed by atoms with van der Waals surface area (Å²) < 4.78 is 12.6. The van der Waals surface area contributed by atoms with Crippen LogP contribution in [0.15, 0.2) is 12.2 Å². The van der Waals surface area contributed by atoms with Gasteiger partial charge < -0.3 is 24.8 Å². The first-order chi connectivity index (χ1) is 11.6. The van der Waals surface area contributed by atoms with Gasteiger partial charge in [-0.15, -0.1) is 0 Å². The molecule has 0 amide bonds. The molecule has 0 aromatic heterocycles. The van der Waals surface area contributed by atoms with Crippen LogP contribution in [0, 0.1) is 23.7 Å². The van der Waals surface area contributed by atoms with Gasteiger partial charge in [-0.05, 0) is 13.3 Å². The number of hydrogen-bond acceptors (Lipinski definition) is 5. The molecule has 9 unspecified atom stereocenters. The van der Waals surface area contributed by atoms with E-state index < -0.39 is 24.0 Å². The van der Waals surface area contributed by atoms with Crippen LogP contribution in [-0.4, -0.2) is 51.5 Å². The molecule has 3 N–H and O–H groups in total. The number of aliphatic carboxylic acids is 1. The van der Waals surface area contributed by atoms with Crippen LogP contribution in [0.4, 0.5) is 0 Å². The minimum absolute atomic E-state index is 0.0423. The summed E-state index contributed by atoms with van der Waals surface area (Å²) in [5, 5.41) is 30.2. The second kappa shape index (κ2) is 7.74. The van der Waals surface area contributed by atoms with Gasteiger partial charge in [-0.2, -0.15) is 0 Å². The van der Waals surface area contributed by atoms with Crippen molar-refractivity contribution in [1.82, 2.24) is 0 Å². The van der Waals surface area contributed by atoms with Crippen LogP contribution in [-0.2, 0) is 14.3 Å². The monoisotopic (exact) mass is 356 g/mol. The largest absolute Gasteiger partial charge is 0.478 e. The Bertz CT molecular complexity index is 492. The molecule has 6 heteroatoms. The Morgan fingerprint density at radius 2 is 1.92 bits per heavy atom. The van der Waals surface area contributed by atoms with Gasteiger partial charge in [0.15, 0.2) is 5.79 Å². The smallest absolute Gasteiger partial charge is 0.327 e. The Kier molecular flexibility index (Phi) is 6.30. The lowest BCUT2D eigenvalue weighted by atomic mass is 9.73. The van der Waals surface area contributed by atoms with E-state index in [2.05, 4.69) is 0 Å². The van der Waals surface area contributed by atoms with E-state index in [1.54, 1.807) is 6.08 Å². The summed E-state index contributed by atoms with van der Waals surface area (Å²) in [6.45, 7) is 9.62. The van der Waals surface area contributed by atoms with E-state index >= 15 is 0 Å². The van der Waals surface area contributed by atoms with Crippen molar-refractivity contribution in [3.8, 4) is 0 Å². The summed E-state index contributed by atoms with van der Waals surface area (Å²) in [7, 11) is 0. The molecule has 0 bridgehead atoms. The Hall–Kier alpha value is -0.950. The quantitative estimate of drug-likeness (QED) is 0.668. The SMILES string of the molecule is CCC1C(O)CC2(OC1C)OC(C(C)C=CC(=O)O)C(C)C(O)C2C. The topological polar surface area (TPSA) is 96.2 Å². The molecule has 0 saturated carbocycles. The van der Waals surface area contributed by atoms with E-state index in [4.69, 9.17) is 14.6 Å². The Morgan fingerprint density at radius 3 is 2.44 bits per heavy atom. The zero-order chi connectivity index (χ0) is 18.9. The first-order valence-corrected chi connectivity index (χ1v) is 9.25. The van der Waals surface area contributed by atoms with E-state index in [0.717, 1.165) is 12.5 Å². The molecular weight excluding hydrogens is 324 g/mol. The van der Waals surface area contributed by atoms with Crippen molar-refractivity contribution in [2.24, 2.45) is 23.7 Å². The Labute approximate surface area is 149 Å². The maximum absolute atomic E-state index is 10.8. The van der Waals surface area contributed by atoms with E-state index in [9.17, 15) is 15.0 Å². The highest BCUT2D eigenvalue weighted by atomic mass is 16.7. The molecule has 2 fully saturated rings. The van der Waals surface area contributed by atoms with Crippen LogP contribution < -0.4 is 0 Å². The summed E-state index contributed by atoms with van der Waals surface area (Å²) in [6.07, 6.45) is 2.03. The van der Waals surface area contributed by atoms with Gasteiger partial charge in [0.2, 0.25) is 0 Å². The lowest BCUT2D eigenvalue weighted by molar-refractivity contribution is -0.382. The van der Waals surface area contributed by atoms with Gasteiger partial charge in [-0.3, -0.25) is 0 Å². The third-order valence-electron chi connectivity index (χ3n) is 6.11. The molecule has 6 nitrogen and oxygen atoms in total. The maximum Gasteiger partial charge on any atom is 0.327 e. The fraction of sp³-hybridized carbons (Fsp3) is 0.842. The zero-order valence-corrected chi connectivity index (χ0v) is 15.8. The molecular formula is C19H32O6. The molecule has 2 aliphatic rings. The predicted octanol–water partition coefficient (Wildman–Crippen LogP) is 2.19. The number of carbonyl (C=O) groups is 1. The second-order valence-electron chi connectivity index (χ2n) is 7.76. The molecule has 0 radical (unpaired) electrons. The summed E-state index contributed by atoms with van der Waals surface area (Å²) in [5.41, 5.74) is 0. The van der Waals surface area contributed by atoms with Crippen LogP contribution in [0.25, 0.3) is 0 Å². The molecule has 0 aromatic carbocycles. The average Bonchev–Trinajstić information content (AvgIpc) is 2.54. The lowest BCUT2D eigenvalue weighted by Crippen LogP contribution is -2.64. The van der Waals surface area contributed by atoms with Gasteiger partial charge in [-0.1, -0.05) is 33.8 Å². The van der Waals surface area contributed by atoms with Crippen molar-refractivity contribution in [2.75, 3.05) is 0 Å². The third kappa shape index (κ3) is 3.92. The van der Waals surface area contributed by atoms with Crippen molar-refractivity contribution < 1.29 is 29.6 Å². The molecule has 25 heavy (non-hydrogen) atoms. The van der Waals surface area contributed by atoms with Crippen molar-refractivity contribution in [3.63, 3.8) is 0 Å². The fourth-order valence-electron chi connectivity index (χ4n) is 4.46. The Morgan fingerprint density at radius 1 is 1.28 bits per heavy atom. The minimum atomic E-state index is -1.05. The molecule has 2 heterocycles. The summed E-state index contributed by atoms with van der Waals surface area (Å²) in [6, 6.07) is 0. The van der Waals surface area contributed by atoms with E-state index in [1.807, 2.05) is 34.6 Å². The highest BCUT2D eigenvalue weighted by Gasteiger charge is 2.57. The molecule has 0 aliphatic carbocycles. The normalized spacial score (nSPS) is 46.4. The van der Waals surface area contributed by atoms with Crippen LogP contribution in [0.1, 0.15) is 47.5 Å². The van der Waals surface area contributed by atoms with Crippen molar-refractivity contribution in [3.05, 3.63) is 12.2 Å². The van der Waals surface area contributed by atoms with Gasteiger partial charge in [0.25, 0.3) is 0 Å². The molecule has 0 aromatic rings. The third-order valence-corrected chi connectivity index (χ3v) is 6.11. The maximum atomic E-state index is 10.8. The molecule has 1 spiro atoms. The summed E-state index contributed by atoms with van der Waals surface area (Å²) >= 11 is 0. The molecule has 2 saturated heterocycles. The molecule has 144 valence electrons.